The highest BCUT2D eigenvalue weighted by molar-refractivity contribution is 6.01. The van der Waals surface area contributed by atoms with Crippen LogP contribution in [0.3, 0.4) is 0 Å². The number of carbonyl (C=O) groups is 2. The molecule has 5 nitrogen and oxygen atoms in total. The van der Waals surface area contributed by atoms with E-state index in [0.717, 1.165) is 61.5 Å². The first kappa shape index (κ1) is 18.9. The fourth-order valence-electron chi connectivity index (χ4n) is 4.60. The number of benzene rings is 1. The van der Waals surface area contributed by atoms with E-state index in [-0.39, 0.29) is 11.7 Å². The summed E-state index contributed by atoms with van der Waals surface area (Å²) in [6.07, 6.45) is 2.72. The van der Waals surface area contributed by atoms with Crippen LogP contribution < -0.4 is 5.32 Å². The van der Waals surface area contributed by atoms with Gasteiger partial charge in [-0.15, -0.1) is 0 Å². The summed E-state index contributed by atoms with van der Waals surface area (Å²) in [7, 11) is 0. The average molecular weight is 380 g/mol. The van der Waals surface area contributed by atoms with E-state index in [1.807, 2.05) is 23.1 Å². The number of aromatic nitrogens is 1. The van der Waals surface area contributed by atoms with Gasteiger partial charge in [0.25, 0.3) is 0 Å². The molecule has 1 aromatic carbocycles. The Morgan fingerprint density at radius 2 is 2.00 bits per heavy atom. The van der Waals surface area contributed by atoms with Crippen molar-refractivity contribution in [3.05, 3.63) is 58.4 Å². The molecule has 4 rings (SSSR count). The summed E-state index contributed by atoms with van der Waals surface area (Å²) in [6.45, 7) is 7.23. The molecule has 0 spiro atoms. The van der Waals surface area contributed by atoms with E-state index >= 15 is 0 Å². The number of hydrogen-bond donors (Lipinski definition) is 1. The predicted molar refractivity (Wildman–Crippen MR) is 110 cm³/mol. The number of hydrogen-bond acceptors (Lipinski definition) is 3. The van der Waals surface area contributed by atoms with Gasteiger partial charge in [-0.1, -0.05) is 30.3 Å². The lowest BCUT2D eigenvalue weighted by atomic mass is 9.91. The summed E-state index contributed by atoms with van der Waals surface area (Å²) < 4.78 is 2.27. The Balaban J connectivity index is 1.66. The fraction of sp³-hybridized carbons (Fsp3) is 0.478. The number of nitrogens with zero attached hydrogens (tertiary/aromatic N) is 2. The van der Waals surface area contributed by atoms with Gasteiger partial charge in [-0.3, -0.25) is 9.59 Å². The minimum absolute atomic E-state index is 0.134. The third-order valence-corrected chi connectivity index (χ3v) is 6.09. The molecule has 1 fully saturated rings. The molecule has 1 amide bonds. The molecule has 2 heterocycles. The van der Waals surface area contributed by atoms with Gasteiger partial charge in [0.1, 0.15) is 0 Å². The van der Waals surface area contributed by atoms with Crippen LogP contribution in [-0.4, -0.2) is 46.8 Å². The summed E-state index contributed by atoms with van der Waals surface area (Å²) in [5.74, 6) is 0.335. The van der Waals surface area contributed by atoms with Crippen molar-refractivity contribution in [1.82, 2.24) is 14.8 Å². The summed E-state index contributed by atoms with van der Waals surface area (Å²) >= 11 is 0. The first-order valence-corrected chi connectivity index (χ1v) is 10.3. The number of nitrogens with one attached hydrogen (secondary N) is 1. The van der Waals surface area contributed by atoms with Crippen LogP contribution in [0.4, 0.5) is 0 Å². The number of rotatable bonds is 4. The Bertz CT molecular complexity index is 885. The zero-order chi connectivity index (χ0) is 19.7. The van der Waals surface area contributed by atoms with Crippen molar-refractivity contribution in [2.24, 2.45) is 0 Å². The van der Waals surface area contributed by atoms with E-state index in [1.165, 1.54) is 5.56 Å². The van der Waals surface area contributed by atoms with Crippen LogP contribution in [0, 0.1) is 6.92 Å². The smallest absolute Gasteiger partial charge is 0.227 e. The molecule has 0 saturated carbocycles. The minimum atomic E-state index is 0.134. The van der Waals surface area contributed by atoms with E-state index < -0.39 is 0 Å². The standard InChI is InChI=1S/C23H29N3O2/c1-16-14-25(12-11-24-16)22(28)13-19-17(2)26(15-18-7-4-3-5-8-18)20-9-6-10-21(27)23(19)20/h3-5,7-8,16,24H,6,9-15H2,1-2H3/t16-/m1/s1. The second-order valence-corrected chi connectivity index (χ2v) is 8.11. The van der Waals surface area contributed by atoms with Gasteiger partial charge in [0.15, 0.2) is 5.78 Å². The zero-order valence-corrected chi connectivity index (χ0v) is 16.8. The lowest BCUT2D eigenvalue weighted by Crippen LogP contribution is -2.51. The average Bonchev–Trinajstić information content (AvgIpc) is 2.96. The lowest BCUT2D eigenvalue weighted by Gasteiger charge is -2.32. The van der Waals surface area contributed by atoms with Crippen LogP contribution in [0.15, 0.2) is 30.3 Å². The Morgan fingerprint density at radius 1 is 1.21 bits per heavy atom. The third kappa shape index (κ3) is 3.63. The highest BCUT2D eigenvalue weighted by Crippen LogP contribution is 2.31. The Labute approximate surface area is 166 Å². The molecule has 1 aromatic heterocycles. The largest absolute Gasteiger partial charge is 0.343 e. The maximum atomic E-state index is 13.0. The summed E-state index contributed by atoms with van der Waals surface area (Å²) in [6, 6.07) is 10.6. The molecule has 28 heavy (non-hydrogen) atoms. The van der Waals surface area contributed by atoms with Crippen LogP contribution in [0.2, 0.25) is 0 Å². The van der Waals surface area contributed by atoms with Crippen LogP contribution in [0.5, 0.6) is 0 Å². The molecular formula is C23H29N3O2. The van der Waals surface area contributed by atoms with Crippen LogP contribution in [0.25, 0.3) is 0 Å². The second kappa shape index (κ2) is 7.92. The highest BCUT2D eigenvalue weighted by atomic mass is 16.2. The zero-order valence-electron chi connectivity index (χ0n) is 16.8. The van der Waals surface area contributed by atoms with Gasteiger partial charge in [0.2, 0.25) is 5.91 Å². The maximum Gasteiger partial charge on any atom is 0.227 e. The molecule has 1 saturated heterocycles. The minimum Gasteiger partial charge on any atom is -0.343 e. The predicted octanol–water partition coefficient (Wildman–Crippen LogP) is 2.73. The SMILES string of the molecule is Cc1c(CC(=O)N2CCN[C@H](C)C2)c2c(n1Cc1ccccc1)CCCC2=O. The highest BCUT2D eigenvalue weighted by Gasteiger charge is 2.30. The van der Waals surface area contributed by atoms with Crippen molar-refractivity contribution in [3.8, 4) is 0 Å². The fourth-order valence-corrected chi connectivity index (χ4v) is 4.60. The number of fused-ring (bicyclic) bond motifs is 1. The molecule has 1 N–H and O–H groups in total. The number of piperazine rings is 1. The number of carbonyl (C=O) groups excluding carboxylic acids is 2. The number of amides is 1. The monoisotopic (exact) mass is 379 g/mol. The van der Waals surface area contributed by atoms with E-state index in [1.54, 1.807) is 0 Å². The number of Topliss-reactive ketones (excluding diaryl/α,β-unsaturated/α-hetero) is 1. The van der Waals surface area contributed by atoms with E-state index in [9.17, 15) is 9.59 Å². The van der Waals surface area contributed by atoms with Crippen LogP contribution in [0.1, 0.15) is 52.6 Å². The third-order valence-electron chi connectivity index (χ3n) is 6.09. The Morgan fingerprint density at radius 3 is 2.75 bits per heavy atom. The summed E-state index contributed by atoms with van der Waals surface area (Å²) in [5.41, 5.74) is 5.19. The Kier molecular flexibility index (Phi) is 5.36. The number of ketones is 1. The summed E-state index contributed by atoms with van der Waals surface area (Å²) in [5, 5.41) is 3.38. The van der Waals surface area contributed by atoms with E-state index in [2.05, 4.69) is 35.9 Å². The van der Waals surface area contributed by atoms with Gasteiger partial charge in [-0.2, -0.15) is 0 Å². The molecular weight excluding hydrogens is 350 g/mol. The van der Waals surface area contributed by atoms with Crippen molar-refractivity contribution in [2.45, 2.75) is 52.1 Å². The van der Waals surface area contributed by atoms with Crippen molar-refractivity contribution in [2.75, 3.05) is 19.6 Å². The van der Waals surface area contributed by atoms with Crippen LogP contribution in [-0.2, 0) is 24.2 Å². The molecule has 1 aliphatic carbocycles. The molecule has 2 aromatic rings. The van der Waals surface area contributed by atoms with Gasteiger partial charge in [0.05, 0.1) is 6.42 Å². The van der Waals surface area contributed by atoms with Gasteiger partial charge in [-0.05, 0) is 37.8 Å². The topological polar surface area (TPSA) is 54.3 Å². The molecule has 2 aliphatic rings. The van der Waals surface area contributed by atoms with Gasteiger partial charge in [0, 0.05) is 55.6 Å². The molecule has 1 aliphatic heterocycles. The van der Waals surface area contributed by atoms with Gasteiger partial charge in [-0.25, -0.2) is 0 Å². The molecule has 5 heteroatoms. The lowest BCUT2D eigenvalue weighted by molar-refractivity contribution is -0.131. The maximum absolute atomic E-state index is 13.0. The van der Waals surface area contributed by atoms with Crippen molar-refractivity contribution in [3.63, 3.8) is 0 Å². The normalized spacial score (nSPS) is 19.6. The van der Waals surface area contributed by atoms with E-state index in [4.69, 9.17) is 0 Å². The van der Waals surface area contributed by atoms with Crippen molar-refractivity contribution < 1.29 is 9.59 Å². The van der Waals surface area contributed by atoms with Crippen molar-refractivity contribution >= 4 is 11.7 Å². The van der Waals surface area contributed by atoms with Crippen molar-refractivity contribution in [1.29, 1.82) is 0 Å². The first-order valence-electron chi connectivity index (χ1n) is 10.3. The molecule has 0 bridgehead atoms. The van der Waals surface area contributed by atoms with Crippen LogP contribution >= 0.6 is 0 Å². The second-order valence-electron chi connectivity index (χ2n) is 8.11. The molecule has 0 unspecified atom stereocenters. The molecule has 0 radical (unpaired) electrons. The molecule has 148 valence electrons. The van der Waals surface area contributed by atoms with E-state index in [0.29, 0.717) is 18.9 Å². The Hall–Kier alpha value is -2.40. The first-order chi connectivity index (χ1) is 13.5. The quantitative estimate of drug-likeness (QED) is 0.889. The van der Waals surface area contributed by atoms with Gasteiger partial charge < -0.3 is 14.8 Å². The molecule has 1 atom stereocenters. The van der Waals surface area contributed by atoms with Gasteiger partial charge >= 0.3 is 0 Å². The summed E-state index contributed by atoms with van der Waals surface area (Å²) in [4.78, 5) is 27.7.